The molecule has 1 fully saturated rings. The van der Waals surface area contributed by atoms with Crippen molar-refractivity contribution < 1.29 is 37.4 Å². The van der Waals surface area contributed by atoms with Crippen molar-refractivity contribution in [1.29, 1.82) is 0 Å². The first-order valence-electron chi connectivity index (χ1n) is 13.8. The monoisotopic (exact) mass is 575 g/mol. The summed E-state index contributed by atoms with van der Waals surface area (Å²) in [6, 6.07) is 6.77. The second-order valence-corrected chi connectivity index (χ2v) is 11.9. The predicted octanol–water partition coefficient (Wildman–Crippen LogP) is 3.46. The number of ketones is 1. The summed E-state index contributed by atoms with van der Waals surface area (Å²) in [4.78, 5) is 38.7. The average Bonchev–Trinajstić information content (AvgIpc) is 3.69. The van der Waals surface area contributed by atoms with E-state index in [4.69, 9.17) is 4.74 Å². The average molecular weight is 576 g/mol. The summed E-state index contributed by atoms with van der Waals surface area (Å²) in [6.07, 6.45) is 0.614. The molecule has 3 N–H and O–H groups in total. The van der Waals surface area contributed by atoms with Crippen molar-refractivity contribution in [3.05, 3.63) is 75.7 Å². The van der Waals surface area contributed by atoms with E-state index in [1.165, 1.54) is 0 Å². The Morgan fingerprint density at radius 2 is 1.76 bits per heavy atom. The van der Waals surface area contributed by atoms with E-state index in [0.29, 0.717) is 17.7 Å². The number of rotatable bonds is 9. The minimum Gasteiger partial charge on any atom is -0.634 e. The molecule has 11 heteroatoms. The molecule has 1 heterocycles. The van der Waals surface area contributed by atoms with E-state index in [2.05, 4.69) is 10.6 Å². The molecule has 41 heavy (non-hydrogen) atoms. The molecule has 222 valence electrons. The Morgan fingerprint density at radius 3 is 2.44 bits per heavy atom. The number of hydrogen-bond donors (Lipinski definition) is 3. The van der Waals surface area contributed by atoms with Crippen molar-refractivity contribution in [3.63, 3.8) is 0 Å². The number of amides is 2. The van der Waals surface area contributed by atoms with Crippen LogP contribution in [-0.2, 0) is 27.2 Å². The second-order valence-electron chi connectivity index (χ2n) is 11.9. The summed E-state index contributed by atoms with van der Waals surface area (Å²) in [7, 11) is 0. The molecule has 8 nitrogen and oxygen atoms in total. The molecule has 0 spiro atoms. The van der Waals surface area contributed by atoms with Gasteiger partial charge in [0.15, 0.2) is 11.6 Å². The maximum absolute atomic E-state index is 14.5. The number of hydrogen-bond acceptors (Lipinski definition) is 5. The molecule has 2 aromatic carbocycles. The largest absolute Gasteiger partial charge is 0.634 e. The second kappa shape index (κ2) is 12.6. The normalized spacial score (nSPS) is 21.3. The van der Waals surface area contributed by atoms with Crippen molar-refractivity contribution in [2.75, 3.05) is 6.54 Å². The van der Waals surface area contributed by atoms with Gasteiger partial charge in [0.25, 0.3) is 0 Å². The van der Waals surface area contributed by atoms with Crippen molar-refractivity contribution in [2.24, 2.45) is 5.92 Å². The lowest BCUT2D eigenvalue weighted by Crippen LogP contribution is -3.08. The summed E-state index contributed by atoms with van der Waals surface area (Å²) in [5.74, 6) is -4.95. The molecule has 4 atom stereocenters. The van der Waals surface area contributed by atoms with Crippen LogP contribution in [0.3, 0.4) is 0 Å². The third kappa shape index (κ3) is 8.53. The van der Waals surface area contributed by atoms with Crippen LogP contribution in [0.15, 0.2) is 36.4 Å². The van der Waals surface area contributed by atoms with Gasteiger partial charge in [0.05, 0.1) is 18.9 Å². The highest BCUT2D eigenvalue weighted by molar-refractivity contribution is 5.83. The number of halogens is 3. The number of nitrogens with one attached hydrogen (secondary N) is 3. The van der Waals surface area contributed by atoms with E-state index < -0.39 is 47.1 Å². The summed E-state index contributed by atoms with van der Waals surface area (Å²) >= 11 is 0. The van der Waals surface area contributed by atoms with Crippen LogP contribution in [0.1, 0.15) is 69.2 Å². The van der Waals surface area contributed by atoms with Crippen LogP contribution in [0.2, 0.25) is 0 Å². The molecule has 1 saturated carbocycles. The number of carbonyl (C=O) groups excluding carboxylic acids is 3. The predicted molar refractivity (Wildman–Crippen MR) is 144 cm³/mol. The molecule has 2 amide bonds. The summed E-state index contributed by atoms with van der Waals surface area (Å²) in [5, 5.41) is 18.6. The molecule has 0 aromatic heterocycles. The Morgan fingerprint density at radius 1 is 1.07 bits per heavy atom. The first kappa shape index (κ1) is 30.5. The highest BCUT2D eigenvalue weighted by Gasteiger charge is 2.36. The minimum atomic E-state index is -1.35. The van der Waals surface area contributed by atoms with Gasteiger partial charge in [-0.05, 0) is 63.6 Å². The van der Waals surface area contributed by atoms with Crippen LogP contribution >= 0.6 is 0 Å². The smallest absolute Gasteiger partial charge is 0.407 e. The van der Waals surface area contributed by atoms with Gasteiger partial charge >= 0.3 is 6.09 Å². The Hall–Kier alpha value is -3.44. The number of Topliss-reactive ketones (excluding diaryl/α,β-unsaturated/α-hetero) is 1. The zero-order valence-electron chi connectivity index (χ0n) is 23.4. The van der Waals surface area contributed by atoms with Gasteiger partial charge < -0.3 is 25.6 Å². The number of quaternary nitrogens is 1. The number of ether oxygens (including phenoxy) is 1. The third-order valence-electron chi connectivity index (χ3n) is 7.24. The van der Waals surface area contributed by atoms with Gasteiger partial charge in [0, 0.05) is 30.1 Å². The number of hydroxylamine groups is 2. The Balaban J connectivity index is 1.53. The van der Waals surface area contributed by atoms with Gasteiger partial charge in [-0.3, -0.25) is 9.59 Å². The molecular weight excluding hydrogens is 539 g/mol. The zero-order chi connectivity index (χ0) is 29.9. The number of alkyl carbamates (subject to hydrolysis) is 1. The van der Waals surface area contributed by atoms with Crippen LogP contribution < -0.4 is 15.7 Å². The quantitative estimate of drug-likeness (QED) is 0.313. The number of carbonyl (C=O) groups is 3. The standard InChI is InChI=1S/C30H36F3N3O5/c1-30(2,3)41-29(39)35-21(11-18-12-24(32)25(33)14-23(18)31)13-27(37)19-10-17-6-4-5-7-22(17)26(36(40)16-19)15-28(38)34-20-8-9-20/h4-7,12,14,19-21,26,36H,8-11,13,15-16H2,1-3H3,(H,34,38)(H,35,39). The SMILES string of the molecule is CC(C)(C)OC(=O)NC(CC(=O)C1Cc2ccccc2C(CC(=O)NC2CC2)[NH+]([O-])C1)Cc1cc(F)c(F)cc1F. The maximum Gasteiger partial charge on any atom is 0.407 e. The highest BCUT2D eigenvalue weighted by atomic mass is 19.2. The topological polar surface area (TPSA) is 112 Å². The summed E-state index contributed by atoms with van der Waals surface area (Å²) in [5.41, 5.74) is 0.418. The Labute approximate surface area is 237 Å². The van der Waals surface area contributed by atoms with Gasteiger partial charge in [-0.1, -0.05) is 24.3 Å². The van der Waals surface area contributed by atoms with E-state index in [9.17, 15) is 32.8 Å². The first-order valence-corrected chi connectivity index (χ1v) is 13.8. The van der Waals surface area contributed by atoms with E-state index in [-0.39, 0.29) is 60.6 Å². The van der Waals surface area contributed by atoms with Crippen LogP contribution in [0.5, 0.6) is 0 Å². The first-order chi connectivity index (χ1) is 19.3. The molecule has 2 aliphatic rings. The molecule has 2 aromatic rings. The highest BCUT2D eigenvalue weighted by Crippen LogP contribution is 2.27. The Bertz CT molecular complexity index is 1290. The minimum absolute atomic E-state index is 0.00844. The molecule has 4 unspecified atom stereocenters. The van der Waals surface area contributed by atoms with Gasteiger partial charge in [-0.25, -0.2) is 18.0 Å². The fourth-order valence-corrected chi connectivity index (χ4v) is 5.15. The molecule has 0 bridgehead atoms. The number of fused-ring (bicyclic) bond motifs is 1. The Kier molecular flexibility index (Phi) is 9.38. The van der Waals surface area contributed by atoms with E-state index in [1.54, 1.807) is 39.0 Å². The van der Waals surface area contributed by atoms with Crippen molar-refractivity contribution in [1.82, 2.24) is 10.6 Å². The molecular formula is C30H36F3N3O5. The van der Waals surface area contributed by atoms with Gasteiger partial charge in [-0.15, -0.1) is 0 Å². The van der Waals surface area contributed by atoms with Gasteiger partial charge in [-0.2, -0.15) is 0 Å². The van der Waals surface area contributed by atoms with Gasteiger partial charge in [0.1, 0.15) is 23.2 Å². The van der Waals surface area contributed by atoms with Gasteiger partial charge in [0.2, 0.25) is 5.91 Å². The maximum atomic E-state index is 14.5. The van der Waals surface area contributed by atoms with E-state index >= 15 is 0 Å². The molecule has 4 rings (SSSR count). The van der Waals surface area contributed by atoms with Crippen LogP contribution in [0.25, 0.3) is 0 Å². The van der Waals surface area contributed by atoms with Crippen LogP contribution in [0, 0.1) is 28.6 Å². The fourth-order valence-electron chi connectivity index (χ4n) is 5.15. The third-order valence-corrected chi connectivity index (χ3v) is 7.24. The summed E-state index contributed by atoms with van der Waals surface area (Å²) in [6.45, 7) is 4.85. The lowest BCUT2D eigenvalue weighted by molar-refractivity contribution is -0.883. The summed E-state index contributed by atoms with van der Waals surface area (Å²) < 4.78 is 47.2. The van der Waals surface area contributed by atoms with E-state index in [1.807, 2.05) is 6.07 Å². The van der Waals surface area contributed by atoms with Crippen molar-refractivity contribution >= 4 is 17.8 Å². The molecule has 1 aliphatic carbocycles. The lowest BCUT2D eigenvalue weighted by Gasteiger charge is -2.32. The number of benzene rings is 2. The van der Waals surface area contributed by atoms with E-state index in [0.717, 1.165) is 18.4 Å². The molecule has 0 radical (unpaired) electrons. The van der Waals surface area contributed by atoms with Crippen molar-refractivity contribution in [3.8, 4) is 0 Å². The fraction of sp³-hybridized carbons (Fsp3) is 0.500. The van der Waals surface area contributed by atoms with Crippen LogP contribution in [-0.4, -0.2) is 42.0 Å². The molecule has 0 saturated heterocycles. The van der Waals surface area contributed by atoms with Crippen molar-refractivity contribution in [2.45, 2.75) is 83.0 Å². The lowest BCUT2D eigenvalue weighted by atomic mass is 9.89. The van der Waals surface area contributed by atoms with Crippen LogP contribution in [0.4, 0.5) is 18.0 Å². The zero-order valence-corrected chi connectivity index (χ0v) is 23.4. The molecule has 1 aliphatic heterocycles.